The van der Waals surface area contributed by atoms with Crippen molar-refractivity contribution in [3.05, 3.63) is 155 Å². The Bertz CT molecular complexity index is 3030. The van der Waals surface area contributed by atoms with Crippen molar-refractivity contribution in [3.8, 4) is 0 Å². The minimum atomic E-state index is -3.47. The van der Waals surface area contributed by atoms with Crippen molar-refractivity contribution in [2.45, 2.75) is 210 Å². The molecular formula is C76H116Cl2N8O12S. The van der Waals surface area contributed by atoms with Gasteiger partial charge >= 0.3 is 10.3 Å². The number of hydrogen-bond acceptors (Lipinski definition) is 15. The topological polar surface area (TPSA) is 262 Å². The summed E-state index contributed by atoms with van der Waals surface area (Å²) < 4.78 is 40.6. The Morgan fingerprint density at radius 1 is 0.535 bits per heavy atom. The van der Waals surface area contributed by atoms with Crippen molar-refractivity contribution in [3.63, 3.8) is 0 Å². The molecule has 0 aliphatic carbocycles. The molecule has 4 amide bonds. The Morgan fingerprint density at radius 2 is 1.00 bits per heavy atom. The number of aliphatic hydroxyl groups excluding tert-OH is 3. The van der Waals surface area contributed by atoms with E-state index in [0.29, 0.717) is 74.0 Å². The lowest BCUT2D eigenvalue weighted by molar-refractivity contribution is -0.149. The van der Waals surface area contributed by atoms with Crippen LogP contribution in [0.3, 0.4) is 0 Å². The average molecular weight is 1440 g/mol. The molecule has 23 heteroatoms. The molecule has 0 unspecified atom stereocenters. The molecule has 99 heavy (non-hydrogen) atoms. The minimum absolute atomic E-state index is 0.00176. The lowest BCUT2D eigenvalue weighted by Crippen LogP contribution is -2.46. The van der Waals surface area contributed by atoms with Crippen LogP contribution in [0.4, 0.5) is 0 Å². The molecule has 552 valence electrons. The molecule has 7 atom stereocenters. The summed E-state index contributed by atoms with van der Waals surface area (Å²) in [5.41, 5.74) is -0.105. The maximum Gasteiger partial charge on any atom is 0.338 e. The van der Waals surface area contributed by atoms with Crippen LogP contribution in [0, 0.1) is 27.1 Å². The minimum Gasteiger partial charge on any atom is -0.395 e. The second kappa shape index (κ2) is 38.2. The highest BCUT2D eigenvalue weighted by Gasteiger charge is 2.58. The van der Waals surface area contributed by atoms with E-state index in [1.54, 1.807) is 24.5 Å². The fourth-order valence-electron chi connectivity index (χ4n) is 16.1. The first kappa shape index (κ1) is 84.3. The second-order valence-corrected chi connectivity index (χ2v) is 31.6. The smallest absolute Gasteiger partial charge is 0.338 e. The molecule has 0 aromatic carbocycles. The van der Waals surface area contributed by atoms with Gasteiger partial charge in [0.15, 0.2) is 0 Å². The number of carbonyl (C=O) groups is 4. The number of nitrogens with zero attached hydrogens (tertiary/aromatic N) is 4. The van der Waals surface area contributed by atoms with Gasteiger partial charge < -0.3 is 55.9 Å². The Kier molecular flexibility index (Phi) is 32.5. The van der Waals surface area contributed by atoms with Gasteiger partial charge in [0.2, 0.25) is 23.6 Å². The molecule has 1 aromatic heterocycles. The number of rotatable bonds is 25. The number of nitrogens with one attached hydrogen (secondary N) is 4. The maximum atomic E-state index is 12.7. The second-order valence-electron chi connectivity index (χ2n) is 29.2. The molecule has 7 N–H and O–H groups in total. The predicted octanol–water partition coefficient (Wildman–Crippen LogP) is 10.9. The fourth-order valence-corrected chi connectivity index (χ4v) is 18.0. The highest BCUT2D eigenvalue weighted by molar-refractivity contribution is 7.84. The van der Waals surface area contributed by atoms with Crippen LogP contribution in [0.2, 0.25) is 10.0 Å². The van der Waals surface area contributed by atoms with Crippen molar-refractivity contribution in [1.29, 1.82) is 0 Å². The van der Waals surface area contributed by atoms with Crippen molar-refractivity contribution in [2.75, 3.05) is 59.3 Å². The Hall–Kier alpha value is -5.40. The van der Waals surface area contributed by atoms with E-state index < -0.39 is 21.4 Å². The van der Waals surface area contributed by atoms with Gasteiger partial charge in [-0.25, -0.2) is 0 Å². The van der Waals surface area contributed by atoms with E-state index in [0.717, 1.165) is 122 Å². The summed E-state index contributed by atoms with van der Waals surface area (Å²) in [4.78, 5) is 53.9. The molecular weight excluding hydrogens is 1320 g/mol. The predicted molar refractivity (Wildman–Crippen MR) is 395 cm³/mol. The normalized spacial score (nSPS) is 27.2. The van der Waals surface area contributed by atoms with Crippen LogP contribution >= 0.6 is 23.2 Å². The van der Waals surface area contributed by atoms with Crippen molar-refractivity contribution in [1.82, 2.24) is 40.4 Å². The van der Waals surface area contributed by atoms with E-state index in [1.165, 1.54) is 4.31 Å². The number of hydrogen-bond donors (Lipinski definition) is 7. The molecule has 0 bridgehead atoms. The van der Waals surface area contributed by atoms with Gasteiger partial charge in [0, 0.05) is 57.0 Å². The summed E-state index contributed by atoms with van der Waals surface area (Å²) in [7, 11) is -3.47. The Balaban J connectivity index is 0.000000211. The number of carbonyl (C=O) groups excluding carboxylic acids is 4. The number of aromatic nitrogens is 1. The zero-order chi connectivity index (χ0) is 73.5. The monoisotopic (exact) mass is 1430 g/mol. The zero-order valence-electron chi connectivity index (χ0n) is 59.5. The first-order valence-corrected chi connectivity index (χ1v) is 37.0. The molecule has 11 heterocycles. The number of pyridine rings is 1. The van der Waals surface area contributed by atoms with Crippen LogP contribution in [0.5, 0.6) is 0 Å². The van der Waals surface area contributed by atoms with Crippen molar-refractivity contribution >= 4 is 57.1 Å². The van der Waals surface area contributed by atoms with Gasteiger partial charge in [0.05, 0.1) is 90.7 Å². The van der Waals surface area contributed by atoms with Crippen LogP contribution in [-0.4, -0.2) is 179 Å². The van der Waals surface area contributed by atoms with Gasteiger partial charge in [-0.2, -0.15) is 12.7 Å². The summed E-state index contributed by atoms with van der Waals surface area (Å²) in [5.74, 6) is 0.516. The quantitative estimate of drug-likeness (QED) is 0.0449. The molecule has 11 rings (SSSR count). The highest BCUT2D eigenvalue weighted by atomic mass is 35.5. The van der Waals surface area contributed by atoms with Gasteiger partial charge in [0.1, 0.15) is 11.4 Å². The van der Waals surface area contributed by atoms with E-state index in [4.69, 9.17) is 52.2 Å². The number of aliphatic hydroxyl groups is 3. The van der Waals surface area contributed by atoms with E-state index in [2.05, 4.69) is 92.0 Å². The van der Waals surface area contributed by atoms with Gasteiger partial charge in [-0.05, 0) is 165 Å². The Morgan fingerprint density at radius 3 is 1.42 bits per heavy atom. The SMILES string of the molecule is C=CCC1(CC=C)CN[C@@H](CO)C1.C=CCC1(CC=C)CN[C@@H](Cc2c(Cl)cncc2Cl)C1.C=CCC1(CC=C)C[C@@H]2COC(C)(C)N2C1=O.C=CCC1(CC=C)C[C@@H]2COS(=O)(=O)N2C1.C=CCC1(CC=C)C[C@H](CO)NC1=O.CC1(C)OC[C@H]2CCC(=O)N21.O=C1CC[C@H](CO)N1. The molecule has 0 radical (unpaired) electrons. The standard InChI is InChI=1S/C16H20Cl2N2.C14H21NO2.C11H17NO3S.C11H17NO2.C11H19NO.C8H13NO2.C5H9NO2/c1-3-5-16(6-4-2)8-12(20-11-16)7-13-14(17)9-19-10-15(13)18;1-5-7-14(8-6-2)9-11-10-17-13(3,4)15(11)12(14)16;1-3-5-11(6-4-2)7-10-8-15-16(13,14)12(10)9-11;1-3-5-11(6-4-2)7-9(8-13)12-10(11)14;1-3-5-11(6-4-2)7-10(8-13)12-9-11;1-8(2)9-6(5-11-8)3-4-7(9)10;7-3-4-1-2-5(8)6-4/h3-4,9-10,12,20H,1-2,5-8,11H2;5-6,11H,1-2,7-10H2,3-4H3;3-4,10H,1-2,5-9H2;3-4,9,13H,1-2,5-8H2,(H,12,14);3-4,10,12-13H,1-2,5-9H2;6H,3-5H2,1-2H3;4,7H,1-3H2,(H,6,8)/t12-;11-;10-;9-;10-;6-;4-/m0111111/s1. The molecule has 10 saturated heterocycles. The van der Waals surface area contributed by atoms with Crippen LogP contribution in [0.15, 0.2) is 139 Å². The molecule has 10 aliphatic rings. The summed E-state index contributed by atoms with van der Waals surface area (Å²) in [6.45, 7) is 50.0. The third-order valence-corrected chi connectivity index (χ3v) is 22.9. The molecule has 0 saturated carbocycles. The number of amides is 4. The fraction of sp³-hybridized carbons (Fsp3) is 0.618. The van der Waals surface area contributed by atoms with Gasteiger partial charge in [0.25, 0.3) is 0 Å². The van der Waals surface area contributed by atoms with E-state index >= 15 is 0 Å². The number of halogens is 2. The number of allylic oxidation sites excluding steroid dienone is 10. The highest BCUT2D eigenvalue weighted by Crippen LogP contribution is 2.49. The van der Waals surface area contributed by atoms with E-state index in [9.17, 15) is 27.6 Å². The molecule has 0 spiro atoms. The summed E-state index contributed by atoms with van der Waals surface area (Å²) in [6, 6.07) is 1.15. The molecule has 10 aliphatic heterocycles. The lowest BCUT2D eigenvalue weighted by Gasteiger charge is -2.32. The first-order valence-electron chi connectivity index (χ1n) is 34.8. The van der Waals surface area contributed by atoms with Crippen LogP contribution < -0.4 is 21.3 Å². The maximum absolute atomic E-state index is 12.7. The van der Waals surface area contributed by atoms with Crippen molar-refractivity contribution in [2.24, 2.45) is 27.1 Å². The molecule has 10 fully saturated rings. The van der Waals surface area contributed by atoms with Crippen LogP contribution in [0.25, 0.3) is 0 Å². The third-order valence-electron chi connectivity index (χ3n) is 20.8. The van der Waals surface area contributed by atoms with Gasteiger partial charge in [-0.3, -0.25) is 28.3 Å². The van der Waals surface area contributed by atoms with E-state index in [-0.39, 0.29) is 101 Å². The first-order chi connectivity index (χ1) is 47.0. The van der Waals surface area contributed by atoms with Gasteiger partial charge in [-0.1, -0.05) is 84.0 Å². The van der Waals surface area contributed by atoms with Crippen molar-refractivity contribution < 1.29 is 56.6 Å². The average Bonchev–Trinajstić information content (AvgIpc) is 1.59. The third kappa shape index (κ3) is 21.8. The summed E-state index contributed by atoms with van der Waals surface area (Å²) in [6.07, 6.45) is 38.9. The number of ether oxygens (including phenoxy) is 2. The lowest BCUT2D eigenvalue weighted by atomic mass is 9.78. The zero-order valence-corrected chi connectivity index (χ0v) is 61.8. The molecule has 20 nitrogen and oxygen atoms in total. The molecule has 1 aromatic rings. The number of fused-ring (bicyclic) bond motifs is 3. The van der Waals surface area contributed by atoms with Crippen LogP contribution in [0.1, 0.15) is 155 Å². The summed E-state index contributed by atoms with van der Waals surface area (Å²) in [5, 5.41) is 40.1. The summed E-state index contributed by atoms with van der Waals surface area (Å²) >= 11 is 12.4. The Labute approximate surface area is 601 Å². The van der Waals surface area contributed by atoms with Crippen LogP contribution in [-0.2, 0) is 49.6 Å². The van der Waals surface area contributed by atoms with E-state index in [1.807, 2.05) is 86.1 Å². The van der Waals surface area contributed by atoms with Gasteiger partial charge in [-0.15, -0.1) is 65.8 Å². The largest absolute Gasteiger partial charge is 0.395 e.